The van der Waals surface area contributed by atoms with E-state index in [-0.39, 0.29) is 6.03 Å². The molecular formula is C22H28ClN3O3. The second-order valence-corrected chi connectivity index (χ2v) is 7.27. The van der Waals surface area contributed by atoms with Crippen LogP contribution in [0.5, 0.6) is 0 Å². The summed E-state index contributed by atoms with van der Waals surface area (Å²) in [5.74, 6) is 0. The van der Waals surface area contributed by atoms with Crippen molar-refractivity contribution in [1.29, 1.82) is 0 Å². The van der Waals surface area contributed by atoms with E-state index >= 15 is 0 Å². The van der Waals surface area contributed by atoms with Crippen LogP contribution in [0.2, 0.25) is 5.02 Å². The van der Waals surface area contributed by atoms with E-state index in [1.807, 2.05) is 60.4 Å². The molecule has 1 aliphatic heterocycles. The number of halogens is 1. The summed E-state index contributed by atoms with van der Waals surface area (Å²) in [5, 5.41) is 3.72. The molecule has 7 heteroatoms. The maximum absolute atomic E-state index is 12.6. The van der Waals surface area contributed by atoms with E-state index in [9.17, 15) is 4.79 Å². The van der Waals surface area contributed by atoms with Gasteiger partial charge in [0.15, 0.2) is 0 Å². The lowest BCUT2D eigenvalue weighted by molar-refractivity contribution is 0.0453. The quantitative estimate of drug-likeness (QED) is 0.652. The molecule has 3 rings (SSSR count). The van der Waals surface area contributed by atoms with Gasteiger partial charge in [0.1, 0.15) is 0 Å². The van der Waals surface area contributed by atoms with Crippen LogP contribution in [0.4, 0.5) is 16.2 Å². The van der Waals surface area contributed by atoms with Crippen molar-refractivity contribution in [3.05, 3.63) is 59.1 Å². The summed E-state index contributed by atoms with van der Waals surface area (Å²) in [5.41, 5.74) is 2.89. The number of rotatable bonds is 8. The zero-order valence-corrected chi connectivity index (χ0v) is 17.5. The van der Waals surface area contributed by atoms with Crippen molar-refractivity contribution in [1.82, 2.24) is 4.90 Å². The van der Waals surface area contributed by atoms with Crippen LogP contribution < -0.4 is 10.2 Å². The summed E-state index contributed by atoms with van der Waals surface area (Å²) in [6.45, 7) is 7.19. The SMILES string of the molecule is CCOCCOCc1cccc(NC(=O)N2CCN(c3cccc(Cl)c3)CC2)c1. The first-order valence-electron chi connectivity index (χ1n) is 9.96. The molecular weight excluding hydrogens is 390 g/mol. The summed E-state index contributed by atoms with van der Waals surface area (Å²) in [7, 11) is 0. The van der Waals surface area contributed by atoms with Gasteiger partial charge in [-0.2, -0.15) is 0 Å². The van der Waals surface area contributed by atoms with Crippen molar-refractivity contribution in [3.8, 4) is 0 Å². The van der Waals surface area contributed by atoms with Gasteiger partial charge in [0.05, 0.1) is 19.8 Å². The number of amides is 2. The molecule has 0 radical (unpaired) electrons. The van der Waals surface area contributed by atoms with Gasteiger partial charge < -0.3 is 24.6 Å². The molecule has 0 aliphatic carbocycles. The lowest BCUT2D eigenvalue weighted by Crippen LogP contribution is -2.50. The molecule has 1 N–H and O–H groups in total. The van der Waals surface area contributed by atoms with Crippen molar-refractivity contribution in [2.45, 2.75) is 13.5 Å². The fourth-order valence-electron chi connectivity index (χ4n) is 3.23. The number of nitrogens with zero attached hydrogens (tertiary/aromatic N) is 2. The number of anilines is 2. The summed E-state index contributed by atoms with van der Waals surface area (Å²) in [6, 6.07) is 15.5. The largest absolute Gasteiger partial charge is 0.379 e. The van der Waals surface area contributed by atoms with Crippen LogP contribution in [0.1, 0.15) is 12.5 Å². The first kappa shape index (κ1) is 21.4. The van der Waals surface area contributed by atoms with Gasteiger partial charge in [0.2, 0.25) is 0 Å². The maximum Gasteiger partial charge on any atom is 0.321 e. The molecule has 1 fully saturated rings. The lowest BCUT2D eigenvalue weighted by atomic mass is 10.2. The number of carbonyl (C=O) groups excluding carboxylic acids is 1. The van der Waals surface area contributed by atoms with Gasteiger partial charge in [0.25, 0.3) is 0 Å². The van der Waals surface area contributed by atoms with Gasteiger partial charge in [-0.3, -0.25) is 0 Å². The fourth-order valence-corrected chi connectivity index (χ4v) is 3.42. The Morgan fingerprint density at radius 1 is 1.03 bits per heavy atom. The molecule has 156 valence electrons. The number of carbonyl (C=O) groups is 1. The fraction of sp³-hybridized carbons (Fsp3) is 0.409. The Morgan fingerprint density at radius 3 is 2.55 bits per heavy atom. The zero-order chi connectivity index (χ0) is 20.5. The lowest BCUT2D eigenvalue weighted by Gasteiger charge is -2.36. The smallest absolute Gasteiger partial charge is 0.321 e. The van der Waals surface area contributed by atoms with Gasteiger partial charge >= 0.3 is 6.03 Å². The topological polar surface area (TPSA) is 54.0 Å². The van der Waals surface area contributed by atoms with Gasteiger partial charge in [-0.15, -0.1) is 0 Å². The monoisotopic (exact) mass is 417 g/mol. The summed E-state index contributed by atoms with van der Waals surface area (Å²) in [6.07, 6.45) is 0. The normalized spacial score (nSPS) is 14.1. The van der Waals surface area contributed by atoms with Gasteiger partial charge in [-0.1, -0.05) is 29.8 Å². The number of nitrogens with one attached hydrogen (secondary N) is 1. The Kier molecular flexibility index (Phi) is 8.16. The Balaban J connectivity index is 1.46. The number of urea groups is 1. The van der Waals surface area contributed by atoms with E-state index in [1.165, 1.54) is 0 Å². The molecule has 0 atom stereocenters. The molecule has 0 unspecified atom stereocenters. The Bertz CT molecular complexity index is 794. The molecule has 0 aromatic heterocycles. The molecule has 2 aromatic rings. The minimum Gasteiger partial charge on any atom is -0.379 e. The number of ether oxygens (including phenoxy) is 2. The van der Waals surface area contributed by atoms with Crippen LogP contribution in [0, 0.1) is 0 Å². The molecule has 0 bridgehead atoms. The minimum absolute atomic E-state index is 0.0786. The molecule has 2 amide bonds. The molecule has 1 saturated heterocycles. The zero-order valence-electron chi connectivity index (χ0n) is 16.8. The second kappa shape index (κ2) is 11.0. The Labute approximate surface area is 177 Å². The summed E-state index contributed by atoms with van der Waals surface area (Å²) < 4.78 is 10.9. The van der Waals surface area contributed by atoms with E-state index in [4.69, 9.17) is 21.1 Å². The van der Waals surface area contributed by atoms with E-state index < -0.39 is 0 Å². The Hall–Kier alpha value is -2.28. The number of hydrogen-bond acceptors (Lipinski definition) is 4. The molecule has 1 aliphatic rings. The average molecular weight is 418 g/mol. The average Bonchev–Trinajstić information content (AvgIpc) is 2.74. The summed E-state index contributed by atoms with van der Waals surface area (Å²) in [4.78, 5) is 16.7. The standard InChI is InChI=1S/C22H28ClN3O3/c1-2-28-13-14-29-17-18-5-3-7-20(15-18)24-22(27)26-11-9-25(10-12-26)21-8-4-6-19(23)16-21/h3-8,15-16H,2,9-14,17H2,1H3,(H,24,27). The van der Waals surface area contributed by atoms with Crippen LogP contribution in [0.3, 0.4) is 0 Å². The molecule has 29 heavy (non-hydrogen) atoms. The van der Waals surface area contributed by atoms with E-state index in [2.05, 4.69) is 10.2 Å². The highest BCUT2D eigenvalue weighted by Gasteiger charge is 2.21. The highest BCUT2D eigenvalue weighted by Crippen LogP contribution is 2.21. The van der Waals surface area contributed by atoms with Crippen LogP contribution in [0.25, 0.3) is 0 Å². The Morgan fingerprint density at radius 2 is 1.79 bits per heavy atom. The van der Waals surface area contributed by atoms with Crippen molar-refractivity contribution in [2.24, 2.45) is 0 Å². The van der Waals surface area contributed by atoms with E-state index in [0.717, 1.165) is 35.1 Å². The van der Waals surface area contributed by atoms with Gasteiger partial charge in [-0.25, -0.2) is 4.79 Å². The van der Waals surface area contributed by atoms with Gasteiger partial charge in [0, 0.05) is 49.2 Å². The predicted molar refractivity (Wildman–Crippen MR) is 117 cm³/mol. The van der Waals surface area contributed by atoms with Crippen molar-refractivity contribution < 1.29 is 14.3 Å². The maximum atomic E-state index is 12.6. The molecule has 6 nitrogen and oxygen atoms in total. The van der Waals surface area contributed by atoms with Crippen LogP contribution in [-0.2, 0) is 16.1 Å². The number of benzene rings is 2. The van der Waals surface area contributed by atoms with Crippen molar-refractivity contribution >= 4 is 29.0 Å². The third-order valence-electron chi connectivity index (χ3n) is 4.76. The molecule has 0 saturated carbocycles. The number of piperazine rings is 1. The third kappa shape index (κ3) is 6.63. The van der Waals surface area contributed by atoms with Crippen molar-refractivity contribution in [3.63, 3.8) is 0 Å². The van der Waals surface area contributed by atoms with Crippen LogP contribution >= 0.6 is 11.6 Å². The van der Waals surface area contributed by atoms with Crippen molar-refractivity contribution in [2.75, 3.05) is 56.2 Å². The van der Waals surface area contributed by atoms with Gasteiger partial charge in [-0.05, 0) is 42.8 Å². The molecule has 1 heterocycles. The first-order valence-corrected chi connectivity index (χ1v) is 10.3. The second-order valence-electron chi connectivity index (χ2n) is 6.83. The highest BCUT2D eigenvalue weighted by molar-refractivity contribution is 6.30. The predicted octanol–water partition coefficient (Wildman–Crippen LogP) is 4.25. The molecule has 0 spiro atoms. The van der Waals surface area contributed by atoms with Crippen LogP contribution in [0.15, 0.2) is 48.5 Å². The highest BCUT2D eigenvalue weighted by atomic mass is 35.5. The van der Waals surface area contributed by atoms with Crippen LogP contribution in [-0.4, -0.2) is 56.9 Å². The third-order valence-corrected chi connectivity index (χ3v) is 5.00. The molecule has 2 aromatic carbocycles. The van der Waals surface area contributed by atoms with E-state index in [1.54, 1.807) is 0 Å². The summed E-state index contributed by atoms with van der Waals surface area (Å²) >= 11 is 6.08. The minimum atomic E-state index is -0.0786. The number of hydrogen-bond donors (Lipinski definition) is 1. The first-order chi connectivity index (χ1) is 14.2. The van der Waals surface area contributed by atoms with E-state index in [0.29, 0.717) is 39.5 Å².